The van der Waals surface area contributed by atoms with Crippen LogP contribution in [0.5, 0.6) is 0 Å². The first-order valence-corrected chi connectivity index (χ1v) is 7.47. The van der Waals surface area contributed by atoms with E-state index in [9.17, 15) is 4.79 Å². The van der Waals surface area contributed by atoms with Crippen molar-refractivity contribution >= 4 is 11.7 Å². The second kappa shape index (κ2) is 5.40. The lowest BCUT2D eigenvalue weighted by Crippen LogP contribution is -2.37. The number of aromatic nitrogens is 1. The van der Waals surface area contributed by atoms with Crippen molar-refractivity contribution in [2.24, 2.45) is 0 Å². The molecule has 1 aliphatic carbocycles. The minimum Gasteiger partial charge on any atom is -0.384 e. The lowest BCUT2D eigenvalue weighted by Gasteiger charge is -2.16. The molecule has 108 valence electrons. The van der Waals surface area contributed by atoms with Gasteiger partial charge in [-0.2, -0.15) is 0 Å². The number of anilines is 1. The molecule has 3 N–H and O–H groups in total. The summed E-state index contributed by atoms with van der Waals surface area (Å²) in [4.78, 5) is 19.0. The summed E-state index contributed by atoms with van der Waals surface area (Å²) < 4.78 is 0. The molecule has 1 saturated carbocycles. The Hall–Kier alpha value is -1.62. The maximum absolute atomic E-state index is 12.3. The van der Waals surface area contributed by atoms with Crippen LogP contribution in [0.2, 0.25) is 0 Å². The number of carbonyl (C=O) groups excluding carboxylic acids is 1. The zero-order valence-corrected chi connectivity index (χ0v) is 11.9. The lowest BCUT2D eigenvalue weighted by molar-refractivity contribution is 0.0937. The Morgan fingerprint density at radius 1 is 1.45 bits per heavy atom. The van der Waals surface area contributed by atoms with Crippen LogP contribution in [0.25, 0.3) is 0 Å². The van der Waals surface area contributed by atoms with E-state index in [1.54, 1.807) is 6.07 Å². The molecule has 2 heterocycles. The van der Waals surface area contributed by atoms with Crippen LogP contribution in [0.4, 0.5) is 5.82 Å². The largest absolute Gasteiger partial charge is 0.384 e. The molecule has 20 heavy (non-hydrogen) atoms. The first-order chi connectivity index (χ1) is 9.65. The second-order valence-corrected chi connectivity index (χ2v) is 5.81. The number of carbonyl (C=O) groups is 1. The topological polar surface area (TPSA) is 71.2 Å². The first-order valence-electron chi connectivity index (χ1n) is 7.47. The monoisotopic (exact) mass is 274 g/mol. The molecule has 5 nitrogen and oxygen atoms in total. The molecule has 0 aromatic carbocycles. The standard InChI is InChI=1S/C15H22N4O/c1-2-11-7-10(8-14(16)17-11)15(20)18-12-5-6-19(9-12)13-3-4-13/h7-8,12-13H,2-6,9H2,1H3,(H2,16,17)(H,18,20). The Kier molecular flexibility index (Phi) is 3.61. The van der Waals surface area contributed by atoms with Crippen LogP contribution in [0.15, 0.2) is 12.1 Å². The van der Waals surface area contributed by atoms with Gasteiger partial charge in [-0.25, -0.2) is 4.98 Å². The number of nitrogens with zero attached hydrogens (tertiary/aromatic N) is 2. The number of likely N-dealkylation sites (tertiary alicyclic amines) is 1. The van der Waals surface area contributed by atoms with Gasteiger partial charge in [0.25, 0.3) is 5.91 Å². The molecule has 3 rings (SSSR count). The summed E-state index contributed by atoms with van der Waals surface area (Å²) in [6.07, 6.45) is 4.47. The summed E-state index contributed by atoms with van der Waals surface area (Å²) in [5.41, 5.74) is 7.24. The van der Waals surface area contributed by atoms with Gasteiger partial charge in [-0.3, -0.25) is 9.69 Å². The highest BCUT2D eigenvalue weighted by atomic mass is 16.1. The maximum atomic E-state index is 12.3. The number of amides is 1. The summed E-state index contributed by atoms with van der Waals surface area (Å²) >= 11 is 0. The first kappa shape index (κ1) is 13.4. The van der Waals surface area contributed by atoms with Crippen molar-refractivity contribution in [2.45, 2.75) is 44.7 Å². The maximum Gasteiger partial charge on any atom is 0.251 e. The third kappa shape index (κ3) is 2.93. The van der Waals surface area contributed by atoms with Crippen molar-refractivity contribution in [3.05, 3.63) is 23.4 Å². The number of hydrogen-bond acceptors (Lipinski definition) is 4. The van der Waals surface area contributed by atoms with Crippen LogP contribution in [-0.2, 0) is 6.42 Å². The lowest BCUT2D eigenvalue weighted by atomic mass is 10.1. The molecular weight excluding hydrogens is 252 g/mol. The van der Waals surface area contributed by atoms with Gasteiger partial charge in [-0.15, -0.1) is 0 Å². The number of rotatable bonds is 4. The van der Waals surface area contributed by atoms with E-state index in [-0.39, 0.29) is 11.9 Å². The van der Waals surface area contributed by atoms with Crippen molar-refractivity contribution < 1.29 is 4.79 Å². The number of pyridine rings is 1. The molecule has 0 spiro atoms. The normalized spacial score (nSPS) is 22.9. The molecular formula is C15H22N4O. The highest BCUT2D eigenvalue weighted by Crippen LogP contribution is 2.29. The van der Waals surface area contributed by atoms with E-state index in [1.165, 1.54) is 12.8 Å². The van der Waals surface area contributed by atoms with Crippen LogP contribution in [0, 0.1) is 0 Å². The van der Waals surface area contributed by atoms with Gasteiger partial charge < -0.3 is 11.1 Å². The quantitative estimate of drug-likeness (QED) is 0.865. The molecule has 1 aromatic rings. The van der Waals surface area contributed by atoms with E-state index >= 15 is 0 Å². The van der Waals surface area contributed by atoms with Crippen LogP contribution < -0.4 is 11.1 Å². The van der Waals surface area contributed by atoms with Gasteiger partial charge in [0.05, 0.1) is 0 Å². The average Bonchev–Trinajstić information content (AvgIpc) is 3.19. The fraction of sp³-hybridized carbons (Fsp3) is 0.600. The fourth-order valence-corrected chi connectivity index (χ4v) is 2.87. The molecule has 0 radical (unpaired) electrons. The zero-order valence-electron chi connectivity index (χ0n) is 11.9. The van der Waals surface area contributed by atoms with Crippen LogP contribution >= 0.6 is 0 Å². The number of hydrogen-bond donors (Lipinski definition) is 2. The van der Waals surface area contributed by atoms with E-state index in [0.717, 1.165) is 37.7 Å². The average molecular weight is 274 g/mol. The van der Waals surface area contributed by atoms with Crippen LogP contribution in [-0.4, -0.2) is 41.0 Å². The number of nitrogen functional groups attached to an aromatic ring is 1. The molecule has 5 heteroatoms. The molecule has 1 aromatic heterocycles. The third-order valence-corrected chi connectivity index (χ3v) is 4.14. The van der Waals surface area contributed by atoms with E-state index in [4.69, 9.17) is 5.73 Å². The Morgan fingerprint density at radius 3 is 2.95 bits per heavy atom. The van der Waals surface area contributed by atoms with Gasteiger partial charge >= 0.3 is 0 Å². The SMILES string of the molecule is CCc1cc(C(=O)NC2CCN(C3CC3)C2)cc(N)n1. The predicted molar refractivity (Wildman–Crippen MR) is 78.5 cm³/mol. The Balaban J connectivity index is 1.62. The Bertz CT molecular complexity index is 513. The summed E-state index contributed by atoms with van der Waals surface area (Å²) in [5.74, 6) is 0.386. The molecule has 2 fully saturated rings. The minimum atomic E-state index is -0.0311. The van der Waals surface area contributed by atoms with Crippen molar-refractivity contribution in [3.63, 3.8) is 0 Å². The van der Waals surface area contributed by atoms with E-state index in [0.29, 0.717) is 11.4 Å². The molecule has 1 saturated heterocycles. The number of nitrogens with two attached hydrogens (primary N) is 1. The van der Waals surface area contributed by atoms with Crippen LogP contribution in [0.1, 0.15) is 42.2 Å². The second-order valence-electron chi connectivity index (χ2n) is 5.81. The molecule has 1 atom stereocenters. The highest BCUT2D eigenvalue weighted by Gasteiger charge is 2.34. The van der Waals surface area contributed by atoms with Gasteiger partial charge in [0.1, 0.15) is 5.82 Å². The summed E-state index contributed by atoms with van der Waals surface area (Å²) in [6.45, 7) is 4.10. The van der Waals surface area contributed by atoms with E-state index in [1.807, 2.05) is 13.0 Å². The van der Waals surface area contributed by atoms with Crippen molar-refractivity contribution in [2.75, 3.05) is 18.8 Å². The fourth-order valence-electron chi connectivity index (χ4n) is 2.87. The Morgan fingerprint density at radius 2 is 2.25 bits per heavy atom. The summed E-state index contributed by atoms with van der Waals surface area (Å²) in [7, 11) is 0. The van der Waals surface area contributed by atoms with Gasteiger partial charge in [0, 0.05) is 36.4 Å². The number of aryl methyl sites for hydroxylation is 1. The van der Waals surface area contributed by atoms with Gasteiger partial charge in [0.15, 0.2) is 0 Å². The minimum absolute atomic E-state index is 0.0311. The van der Waals surface area contributed by atoms with Crippen LogP contribution in [0.3, 0.4) is 0 Å². The van der Waals surface area contributed by atoms with Gasteiger partial charge in [-0.1, -0.05) is 6.92 Å². The van der Waals surface area contributed by atoms with Crippen molar-refractivity contribution in [1.82, 2.24) is 15.2 Å². The molecule has 0 bridgehead atoms. The summed E-state index contributed by atoms with van der Waals surface area (Å²) in [5, 5.41) is 3.12. The molecule has 2 aliphatic rings. The molecule has 1 unspecified atom stereocenters. The molecule has 1 aliphatic heterocycles. The van der Waals surface area contributed by atoms with E-state index in [2.05, 4.69) is 15.2 Å². The Labute approximate surface area is 119 Å². The number of nitrogens with one attached hydrogen (secondary N) is 1. The van der Waals surface area contributed by atoms with Crippen molar-refractivity contribution in [3.8, 4) is 0 Å². The highest BCUT2D eigenvalue weighted by molar-refractivity contribution is 5.95. The zero-order chi connectivity index (χ0) is 14.1. The third-order valence-electron chi connectivity index (χ3n) is 4.14. The summed E-state index contributed by atoms with van der Waals surface area (Å²) in [6, 6.07) is 4.53. The van der Waals surface area contributed by atoms with Gasteiger partial charge in [0.2, 0.25) is 0 Å². The predicted octanol–water partition coefficient (Wildman–Crippen LogP) is 1.19. The molecule has 1 amide bonds. The van der Waals surface area contributed by atoms with E-state index < -0.39 is 0 Å². The van der Waals surface area contributed by atoms with Crippen molar-refractivity contribution in [1.29, 1.82) is 0 Å². The smallest absolute Gasteiger partial charge is 0.251 e. The van der Waals surface area contributed by atoms with Gasteiger partial charge in [-0.05, 0) is 37.8 Å².